The van der Waals surface area contributed by atoms with Gasteiger partial charge in [-0.15, -0.1) is 0 Å². The van der Waals surface area contributed by atoms with Gasteiger partial charge in [-0.1, -0.05) is 11.6 Å². The molecule has 1 amide bonds. The van der Waals surface area contributed by atoms with Crippen LogP contribution in [0.2, 0.25) is 5.02 Å². The summed E-state index contributed by atoms with van der Waals surface area (Å²) in [6, 6.07) is 6.06. The fourth-order valence-electron chi connectivity index (χ4n) is 1.53. The van der Waals surface area contributed by atoms with Crippen molar-refractivity contribution < 1.29 is 9.90 Å². The van der Waals surface area contributed by atoms with E-state index in [1.165, 1.54) is 29.1 Å². The van der Waals surface area contributed by atoms with E-state index in [1.54, 1.807) is 7.05 Å². The summed E-state index contributed by atoms with van der Waals surface area (Å²) in [6.07, 6.45) is 1.48. The summed E-state index contributed by atoms with van der Waals surface area (Å²) in [5.74, 6) is -0.659. The van der Waals surface area contributed by atoms with Gasteiger partial charge in [0.25, 0.3) is 5.91 Å². The molecule has 2 aromatic rings. The smallest absolute Gasteiger partial charge is 0.260 e. The Labute approximate surface area is 113 Å². The summed E-state index contributed by atoms with van der Waals surface area (Å²) in [5.41, 5.74) is 0.295. The van der Waals surface area contributed by atoms with Crippen LogP contribution in [0.4, 0.5) is 5.82 Å². The molecule has 6 nitrogen and oxygen atoms in total. The van der Waals surface area contributed by atoms with Crippen LogP contribution >= 0.6 is 11.6 Å². The lowest BCUT2D eigenvalue weighted by Gasteiger charge is -2.05. The molecule has 1 aromatic carbocycles. The lowest BCUT2D eigenvalue weighted by Crippen LogP contribution is -2.13. The van der Waals surface area contributed by atoms with Gasteiger partial charge in [-0.3, -0.25) is 9.48 Å². The summed E-state index contributed by atoms with van der Waals surface area (Å²) < 4.78 is 1.41. The minimum atomic E-state index is -0.565. The molecule has 0 aliphatic carbocycles. The molecule has 1 aromatic heterocycles. The number of aromatic hydroxyl groups is 1. The second-order valence-electron chi connectivity index (χ2n) is 3.79. The largest absolute Gasteiger partial charge is 0.507 e. The first-order valence-corrected chi connectivity index (χ1v) is 5.62. The Morgan fingerprint density at radius 3 is 2.95 bits per heavy atom. The zero-order valence-electron chi connectivity index (χ0n) is 9.88. The van der Waals surface area contributed by atoms with Gasteiger partial charge in [0.05, 0.1) is 5.56 Å². The van der Waals surface area contributed by atoms with Gasteiger partial charge in [0.2, 0.25) is 0 Å². The first-order valence-electron chi connectivity index (χ1n) is 5.25. The van der Waals surface area contributed by atoms with Crippen LogP contribution < -0.4 is 5.32 Å². The summed E-state index contributed by atoms with van der Waals surface area (Å²) in [5, 5.41) is 25.3. The van der Waals surface area contributed by atoms with Crippen molar-refractivity contribution in [2.45, 2.75) is 0 Å². The average Bonchev–Trinajstić information content (AvgIpc) is 2.69. The number of nitrogens with one attached hydrogen (secondary N) is 1. The van der Waals surface area contributed by atoms with Gasteiger partial charge in [-0.05, 0) is 18.2 Å². The second-order valence-corrected chi connectivity index (χ2v) is 4.23. The quantitative estimate of drug-likeness (QED) is 0.876. The number of rotatable bonds is 2. The Kier molecular flexibility index (Phi) is 3.40. The van der Waals surface area contributed by atoms with Gasteiger partial charge in [-0.25, -0.2) is 0 Å². The highest BCUT2D eigenvalue weighted by Gasteiger charge is 2.15. The van der Waals surface area contributed by atoms with Gasteiger partial charge in [0.15, 0.2) is 5.82 Å². The molecule has 0 aliphatic rings. The number of anilines is 1. The van der Waals surface area contributed by atoms with E-state index < -0.39 is 5.91 Å². The van der Waals surface area contributed by atoms with E-state index in [2.05, 4.69) is 10.4 Å². The third kappa shape index (κ3) is 2.67. The van der Waals surface area contributed by atoms with Crippen molar-refractivity contribution in [3.05, 3.63) is 40.5 Å². The third-order valence-corrected chi connectivity index (χ3v) is 2.62. The van der Waals surface area contributed by atoms with Crippen molar-refractivity contribution in [1.29, 1.82) is 5.26 Å². The number of carbonyl (C=O) groups is 1. The van der Waals surface area contributed by atoms with E-state index in [1.807, 2.05) is 6.07 Å². The molecule has 0 bridgehead atoms. The zero-order valence-corrected chi connectivity index (χ0v) is 10.6. The van der Waals surface area contributed by atoms with Crippen molar-refractivity contribution >= 4 is 23.3 Å². The first kappa shape index (κ1) is 12.9. The molecule has 7 heteroatoms. The number of phenols is 1. The molecule has 0 aliphatic heterocycles. The summed E-state index contributed by atoms with van der Waals surface area (Å²) in [7, 11) is 1.64. The third-order valence-electron chi connectivity index (χ3n) is 2.39. The lowest BCUT2D eigenvalue weighted by atomic mass is 10.2. The molecule has 2 N–H and O–H groups in total. The van der Waals surface area contributed by atoms with E-state index in [0.717, 1.165) is 0 Å². The van der Waals surface area contributed by atoms with Crippen molar-refractivity contribution in [3.8, 4) is 11.8 Å². The van der Waals surface area contributed by atoms with Crippen molar-refractivity contribution in [3.63, 3.8) is 0 Å². The van der Waals surface area contributed by atoms with E-state index in [4.69, 9.17) is 16.9 Å². The Hall–Kier alpha value is -2.52. The fraction of sp³-hybridized carbons (Fsp3) is 0.0833. The zero-order chi connectivity index (χ0) is 14.0. The van der Waals surface area contributed by atoms with Crippen LogP contribution in [0.25, 0.3) is 0 Å². The maximum absolute atomic E-state index is 12.0. The van der Waals surface area contributed by atoms with Crippen LogP contribution in [0.1, 0.15) is 15.9 Å². The molecule has 0 fully saturated rings. The number of hydrogen-bond acceptors (Lipinski definition) is 4. The maximum atomic E-state index is 12.0. The van der Waals surface area contributed by atoms with Crippen molar-refractivity contribution in [2.24, 2.45) is 7.05 Å². The van der Waals surface area contributed by atoms with Gasteiger partial charge in [0.1, 0.15) is 17.4 Å². The number of amides is 1. The Morgan fingerprint density at radius 2 is 2.32 bits per heavy atom. The van der Waals surface area contributed by atoms with Gasteiger partial charge in [0, 0.05) is 18.3 Å². The molecular formula is C12H9ClN4O2. The number of halogens is 1. The Bertz CT molecular complexity index is 688. The van der Waals surface area contributed by atoms with Crippen LogP contribution in [0.3, 0.4) is 0 Å². The molecule has 0 unspecified atom stereocenters. The van der Waals surface area contributed by atoms with Gasteiger partial charge >= 0.3 is 0 Å². The average molecular weight is 277 g/mol. The van der Waals surface area contributed by atoms with Crippen molar-refractivity contribution in [1.82, 2.24) is 9.78 Å². The molecule has 2 rings (SSSR count). The lowest BCUT2D eigenvalue weighted by molar-refractivity contribution is 0.102. The summed E-state index contributed by atoms with van der Waals surface area (Å²) in [4.78, 5) is 12.0. The highest BCUT2D eigenvalue weighted by atomic mass is 35.5. The second kappa shape index (κ2) is 5.00. The molecule has 0 saturated carbocycles. The number of nitrogens with zero attached hydrogens (tertiary/aromatic N) is 3. The molecule has 1 heterocycles. The number of benzene rings is 1. The van der Waals surface area contributed by atoms with Gasteiger partial charge in [-0.2, -0.15) is 10.4 Å². The molecule has 0 atom stereocenters. The minimum absolute atomic E-state index is 0.0546. The Morgan fingerprint density at radius 1 is 1.58 bits per heavy atom. The molecular weight excluding hydrogens is 268 g/mol. The predicted molar refractivity (Wildman–Crippen MR) is 69.0 cm³/mol. The molecule has 0 saturated heterocycles. The number of phenolic OH excluding ortho intramolecular Hbond substituents is 1. The highest BCUT2D eigenvalue weighted by molar-refractivity contribution is 6.30. The topological polar surface area (TPSA) is 90.9 Å². The number of aryl methyl sites for hydroxylation is 1. The minimum Gasteiger partial charge on any atom is -0.507 e. The van der Waals surface area contributed by atoms with Crippen LogP contribution in [0.15, 0.2) is 24.4 Å². The Balaban J connectivity index is 2.28. The fourth-order valence-corrected chi connectivity index (χ4v) is 1.70. The summed E-state index contributed by atoms with van der Waals surface area (Å²) in [6.45, 7) is 0. The molecule has 0 radical (unpaired) electrons. The van der Waals surface area contributed by atoms with Crippen molar-refractivity contribution in [2.75, 3.05) is 5.32 Å². The van der Waals surface area contributed by atoms with Crippen LogP contribution in [-0.4, -0.2) is 20.8 Å². The van der Waals surface area contributed by atoms with Gasteiger partial charge < -0.3 is 10.4 Å². The van der Waals surface area contributed by atoms with Crippen LogP contribution in [0, 0.1) is 11.3 Å². The predicted octanol–water partition coefficient (Wildman–Crippen LogP) is 1.90. The number of nitriles is 1. The standard InChI is InChI=1S/C12H9ClN4O2/c1-17-6-7(5-14)11(16-17)15-12(19)9-3-2-8(13)4-10(9)18/h2-4,6,18H,1H3,(H,15,16,19). The van der Waals surface area contributed by atoms with E-state index in [9.17, 15) is 9.90 Å². The van der Waals surface area contributed by atoms with Crippen LogP contribution in [-0.2, 0) is 7.05 Å². The number of hydrogen-bond donors (Lipinski definition) is 2. The van der Waals surface area contributed by atoms with E-state index in [0.29, 0.717) is 5.02 Å². The number of carbonyl (C=O) groups excluding carboxylic acids is 1. The van der Waals surface area contributed by atoms with E-state index >= 15 is 0 Å². The molecule has 19 heavy (non-hydrogen) atoms. The molecule has 96 valence electrons. The highest BCUT2D eigenvalue weighted by Crippen LogP contribution is 2.23. The van der Waals surface area contributed by atoms with Crippen LogP contribution in [0.5, 0.6) is 5.75 Å². The monoisotopic (exact) mass is 276 g/mol. The first-order chi connectivity index (χ1) is 9.01. The summed E-state index contributed by atoms with van der Waals surface area (Å²) >= 11 is 5.68. The maximum Gasteiger partial charge on any atom is 0.260 e. The normalized spacial score (nSPS) is 9.95. The van der Waals surface area contributed by atoms with E-state index in [-0.39, 0.29) is 22.7 Å². The SMILES string of the molecule is Cn1cc(C#N)c(NC(=O)c2ccc(Cl)cc2O)n1. The number of aromatic nitrogens is 2. The molecule has 0 spiro atoms.